The zero-order valence-electron chi connectivity index (χ0n) is 14.3. The van der Waals surface area contributed by atoms with Gasteiger partial charge in [-0.15, -0.1) is 5.10 Å². The summed E-state index contributed by atoms with van der Waals surface area (Å²) in [4.78, 5) is 24.3. The largest absolute Gasteiger partial charge is 0.492 e. The second kappa shape index (κ2) is 7.56. The van der Waals surface area contributed by atoms with Gasteiger partial charge in [0.1, 0.15) is 12.1 Å². The average Bonchev–Trinajstić information content (AvgIpc) is 3.18. The van der Waals surface area contributed by atoms with E-state index in [-0.39, 0.29) is 11.7 Å². The molecule has 8 heteroatoms. The number of Topliss-reactive ketones (excluding diaryl/α,β-unsaturated/α-hetero) is 1. The Balaban J connectivity index is 1.89. The Morgan fingerprint density at radius 2 is 2.00 bits per heavy atom. The van der Waals surface area contributed by atoms with Crippen LogP contribution in [0.25, 0.3) is 5.69 Å². The van der Waals surface area contributed by atoms with Crippen LogP contribution in [0.2, 0.25) is 0 Å². The summed E-state index contributed by atoms with van der Waals surface area (Å²) in [6, 6.07) is 11.8. The van der Waals surface area contributed by atoms with Crippen molar-refractivity contribution in [3.05, 3.63) is 59.9 Å². The number of carbonyl (C=O) groups excluding carboxylic acids is 2. The minimum Gasteiger partial charge on any atom is -0.492 e. The minimum atomic E-state index is -0.332. The standard InChI is InChI=1S/C18H17N5O3/c1-3-26-17-8-7-13(12(2)24)10-16(17)20-18(25)14-5-4-6-15(9-14)23-11-19-21-22-23/h4-11H,3H2,1-2H3,(H,20,25). The first kappa shape index (κ1) is 17.3. The van der Waals surface area contributed by atoms with Crippen molar-refractivity contribution >= 4 is 17.4 Å². The van der Waals surface area contributed by atoms with Gasteiger partial charge in [-0.2, -0.15) is 0 Å². The van der Waals surface area contributed by atoms with E-state index < -0.39 is 0 Å². The molecule has 8 nitrogen and oxygen atoms in total. The van der Waals surface area contributed by atoms with Gasteiger partial charge in [0.2, 0.25) is 0 Å². The minimum absolute atomic E-state index is 0.0933. The second-order valence-electron chi connectivity index (χ2n) is 5.46. The summed E-state index contributed by atoms with van der Waals surface area (Å²) in [6.45, 7) is 3.76. The first-order valence-electron chi connectivity index (χ1n) is 8.01. The quantitative estimate of drug-likeness (QED) is 0.685. The highest BCUT2D eigenvalue weighted by Gasteiger charge is 2.13. The van der Waals surface area contributed by atoms with Gasteiger partial charge in [-0.25, -0.2) is 4.68 Å². The molecule has 1 amide bonds. The summed E-state index contributed by atoms with van der Waals surface area (Å²) in [6.07, 6.45) is 1.44. The molecule has 0 saturated carbocycles. The Kier molecular flexibility index (Phi) is 5.02. The third kappa shape index (κ3) is 3.75. The van der Waals surface area contributed by atoms with Crippen LogP contribution >= 0.6 is 0 Å². The highest BCUT2D eigenvalue weighted by molar-refractivity contribution is 6.06. The highest BCUT2D eigenvalue weighted by Crippen LogP contribution is 2.27. The van der Waals surface area contributed by atoms with E-state index in [1.54, 1.807) is 42.5 Å². The number of benzene rings is 2. The first-order valence-corrected chi connectivity index (χ1v) is 8.01. The lowest BCUT2D eigenvalue weighted by Gasteiger charge is -2.13. The highest BCUT2D eigenvalue weighted by atomic mass is 16.5. The molecule has 0 aliphatic rings. The lowest BCUT2D eigenvalue weighted by Crippen LogP contribution is -2.14. The van der Waals surface area contributed by atoms with E-state index in [1.807, 2.05) is 6.92 Å². The molecule has 1 heterocycles. The maximum Gasteiger partial charge on any atom is 0.255 e. The van der Waals surface area contributed by atoms with Crippen molar-refractivity contribution < 1.29 is 14.3 Å². The Bertz CT molecular complexity index is 938. The van der Waals surface area contributed by atoms with Crippen LogP contribution in [-0.2, 0) is 0 Å². The molecule has 3 aromatic rings. The molecule has 0 fully saturated rings. The van der Waals surface area contributed by atoms with Gasteiger partial charge in [0, 0.05) is 11.1 Å². The van der Waals surface area contributed by atoms with Crippen LogP contribution in [0.5, 0.6) is 5.75 Å². The van der Waals surface area contributed by atoms with Crippen molar-refractivity contribution in [1.29, 1.82) is 0 Å². The van der Waals surface area contributed by atoms with E-state index in [9.17, 15) is 9.59 Å². The van der Waals surface area contributed by atoms with Gasteiger partial charge >= 0.3 is 0 Å². The van der Waals surface area contributed by atoms with Crippen LogP contribution in [0, 0.1) is 0 Å². The maximum absolute atomic E-state index is 12.7. The van der Waals surface area contributed by atoms with Crippen LogP contribution in [0.4, 0.5) is 5.69 Å². The summed E-state index contributed by atoms with van der Waals surface area (Å²) in [5.41, 5.74) is 2.02. The Morgan fingerprint density at radius 3 is 2.69 bits per heavy atom. The van der Waals surface area contributed by atoms with Gasteiger partial charge < -0.3 is 10.1 Å². The molecule has 0 aliphatic carbocycles. The molecule has 1 aromatic heterocycles. The van der Waals surface area contributed by atoms with Gasteiger partial charge in [0.25, 0.3) is 5.91 Å². The number of aromatic nitrogens is 4. The topological polar surface area (TPSA) is 99.0 Å². The molecule has 26 heavy (non-hydrogen) atoms. The predicted molar refractivity (Wildman–Crippen MR) is 94.7 cm³/mol. The fraction of sp³-hybridized carbons (Fsp3) is 0.167. The van der Waals surface area contributed by atoms with Crippen LogP contribution in [0.1, 0.15) is 34.6 Å². The van der Waals surface area contributed by atoms with Crippen LogP contribution in [-0.4, -0.2) is 38.5 Å². The molecule has 0 bridgehead atoms. The Hall–Kier alpha value is -3.55. The number of amides is 1. The maximum atomic E-state index is 12.7. The third-order valence-electron chi connectivity index (χ3n) is 3.66. The monoisotopic (exact) mass is 351 g/mol. The Morgan fingerprint density at radius 1 is 1.15 bits per heavy atom. The lowest BCUT2D eigenvalue weighted by atomic mass is 10.1. The third-order valence-corrected chi connectivity index (χ3v) is 3.66. The van der Waals surface area contributed by atoms with E-state index in [1.165, 1.54) is 17.9 Å². The molecule has 0 spiro atoms. The van der Waals surface area contributed by atoms with Gasteiger partial charge in [0.05, 0.1) is 18.0 Å². The van der Waals surface area contributed by atoms with E-state index in [4.69, 9.17) is 4.74 Å². The van der Waals surface area contributed by atoms with Crippen LogP contribution in [0.3, 0.4) is 0 Å². The smallest absolute Gasteiger partial charge is 0.255 e. The van der Waals surface area contributed by atoms with Gasteiger partial charge in [-0.3, -0.25) is 9.59 Å². The second-order valence-corrected chi connectivity index (χ2v) is 5.46. The molecular weight excluding hydrogens is 334 g/mol. The molecule has 0 aliphatic heterocycles. The number of nitrogens with one attached hydrogen (secondary N) is 1. The van der Waals surface area contributed by atoms with Crippen LogP contribution in [0.15, 0.2) is 48.8 Å². The van der Waals surface area contributed by atoms with Gasteiger partial charge in [-0.05, 0) is 60.7 Å². The molecule has 1 N–H and O–H groups in total. The number of hydrogen-bond acceptors (Lipinski definition) is 6. The normalized spacial score (nSPS) is 10.4. The lowest BCUT2D eigenvalue weighted by molar-refractivity contribution is 0.101. The number of anilines is 1. The van der Waals surface area contributed by atoms with Crippen molar-refractivity contribution in [3.63, 3.8) is 0 Å². The van der Waals surface area contributed by atoms with Crippen molar-refractivity contribution in [2.75, 3.05) is 11.9 Å². The SMILES string of the molecule is CCOc1ccc(C(C)=O)cc1NC(=O)c1cccc(-n2cnnn2)c1. The number of hydrogen-bond donors (Lipinski definition) is 1. The zero-order valence-corrected chi connectivity index (χ0v) is 14.3. The fourth-order valence-corrected chi connectivity index (χ4v) is 2.39. The van der Waals surface area contributed by atoms with Crippen molar-refractivity contribution in [2.45, 2.75) is 13.8 Å². The molecule has 2 aromatic carbocycles. The van der Waals surface area contributed by atoms with Crippen molar-refractivity contribution in [2.24, 2.45) is 0 Å². The summed E-state index contributed by atoms with van der Waals surface area (Å²) < 4.78 is 6.99. The van der Waals surface area contributed by atoms with E-state index in [2.05, 4.69) is 20.8 Å². The van der Waals surface area contributed by atoms with E-state index >= 15 is 0 Å². The molecule has 3 rings (SSSR count). The first-order chi connectivity index (χ1) is 12.6. The van der Waals surface area contributed by atoms with Crippen LogP contribution < -0.4 is 10.1 Å². The summed E-state index contributed by atoms with van der Waals surface area (Å²) in [7, 11) is 0. The zero-order chi connectivity index (χ0) is 18.5. The number of ether oxygens (including phenoxy) is 1. The molecule has 0 radical (unpaired) electrons. The fourth-order valence-electron chi connectivity index (χ4n) is 2.39. The average molecular weight is 351 g/mol. The summed E-state index contributed by atoms with van der Waals surface area (Å²) >= 11 is 0. The number of tetrazole rings is 1. The number of carbonyl (C=O) groups is 2. The molecule has 132 valence electrons. The Labute approximate surface area is 149 Å². The van der Waals surface area contributed by atoms with Crippen molar-refractivity contribution in [1.82, 2.24) is 20.2 Å². The number of rotatable bonds is 6. The van der Waals surface area contributed by atoms with Gasteiger partial charge in [-0.1, -0.05) is 6.07 Å². The van der Waals surface area contributed by atoms with Crippen molar-refractivity contribution in [3.8, 4) is 11.4 Å². The summed E-state index contributed by atoms with van der Waals surface area (Å²) in [5.74, 6) is 0.0771. The number of nitrogens with zero attached hydrogens (tertiary/aromatic N) is 4. The molecule has 0 saturated heterocycles. The molecular formula is C18H17N5O3. The number of ketones is 1. The van der Waals surface area contributed by atoms with E-state index in [0.717, 1.165) is 0 Å². The summed E-state index contributed by atoms with van der Waals surface area (Å²) in [5, 5.41) is 13.8. The predicted octanol–water partition coefficient (Wildman–Crippen LogP) is 2.52. The van der Waals surface area contributed by atoms with E-state index in [0.29, 0.717) is 34.9 Å². The molecule has 0 atom stereocenters. The van der Waals surface area contributed by atoms with Gasteiger partial charge in [0.15, 0.2) is 5.78 Å². The molecule has 0 unspecified atom stereocenters.